The lowest BCUT2D eigenvalue weighted by molar-refractivity contribution is -0.118. The molecule has 0 aliphatic carbocycles. The third-order valence-corrected chi connectivity index (χ3v) is 5.20. The summed E-state index contributed by atoms with van der Waals surface area (Å²) in [4.78, 5) is 20.9. The van der Waals surface area contributed by atoms with E-state index in [-0.39, 0.29) is 12.5 Å². The molecular formula is C22H16ClN3O2S. The predicted molar refractivity (Wildman–Crippen MR) is 116 cm³/mol. The van der Waals surface area contributed by atoms with Gasteiger partial charge in [-0.05, 0) is 48.5 Å². The van der Waals surface area contributed by atoms with Gasteiger partial charge in [-0.2, -0.15) is 0 Å². The highest BCUT2D eigenvalue weighted by molar-refractivity contribution is 7.13. The van der Waals surface area contributed by atoms with E-state index in [2.05, 4.69) is 10.3 Å². The summed E-state index contributed by atoms with van der Waals surface area (Å²) in [6, 6.07) is 18.3. The van der Waals surface area contributed by atoms with Crippen molar-refractivity contribution < 1.29 is 9.53 Å². The molecule has 5 nitrogen and oxygen atoms in total. The maximum Gasteiger partial charge on any atom is 0.262 e. The fourth-order valence-corrected chi connectivity index (χ4v) is 3.63. The Hall–Kier alpha value is -3.22. The van der Waals surface area contributed by atoms with Crippen molar-refractivity contribution in [3.05, 3.63) is 83.5 Å². The molecule has 1 amide bonds. The zero-order chi connectivity index (χ0) is 20.1. The van der Waals surface area contributed by atoms with Crippen molar-refractivity contribution in [2.24, 2.45) is 0 Å². The summed E-state index contributed by atoms with van der Waals surface area (Å²) in [5.41, 5.74) is 3.50. The lowest BCUT2D eigenvalue weighted by Crippen LogP contribution is -2.20. The number of thiazole rings is 1. The SMILES string of the molecule is O=C(COc1ccc(Cl)cc1)Nc1cccc(-c2csc(-c3ccncc3)n2)c1. The van der Waals surface area contributed by atoms with Gasteiger partial charge in [-0.15, -0.1) is 11.3 Å². The Bertz CT molecular complexity index is 1110. The number of rotatable bonds is 6. The minimum atomic E-state index is -0.243. The molecule has 2 aromatic heterocycles. The number of benzene rings is 2. The van der Waals surface area contributed by atoms with Gasteiger partial charge in [0.2, 0.25) is 0 Å². The number of hydrogen-bond donors (Lipinski definition) is 1. The predicted octanol–water partition coefficient (Wildman–Crippen LogP) is 5.54. The number of pyridine rings is 1. The molecule has 0 unspecified atom stereocenters. The lowest BCUT2D eigenvalue weighted by Gasteiger charge is -2.08. The van der Waals surface area contributed by atoms with Gasteiger partial charge in [0.15, 0.2) is 6.61 Å². The maximum atomic E-state index is 12.2. The van der Waals surface area contributed by atoms with Crippen LogP contribution in [0.4, 0.5) is 5.69 Å². The first kappa shape index (κ1) is 19.1. The molecule has 0 saturated carbocycles. The highest BCUT2D eigenvalue weighted by Gasteiger charge is 2.09. The van der Waals surface area contributed by atoms with Crippen LogP contribution in [0.15, 0.2) is 78.4 Å². The van der Waals surface area contributed by atoms with Crippen molar-refractivity contribution in [1.82, 2.24) is 9.97 Å². The van der Waals surface area contributed by atoms with Crippen LogP contribution in [0.5, 0.6) is 5.75 Å². The van der Waals surface area contributed by atoms with E-state index < -0.39 is 0 Å². The van der Waals surface area contributed by atoms with Gasteiger partial charge in [-0.1, -0.05) is 23.7 Å². The van der Waals surface area contributed by atoms with Crippen molar-refractivity contribution in [1.29, 1.82) is 0 Å². The van der Waals surface area contributed by atoms with E-state index in [9.17, 15) is 4.79 Å². The molecule has 29 heavy (non-hydrogen) atoms. The van der Waals surface area contributed by atoms with Gasteiger partial charge < -0.3 is 10.1 Å². The minimum absolute atomic E-state index is 0.0885. The molecule has 2 heterocycles. The molecular weight excluding hydrogens is 406 g/mol. The van der Waals surface area contributed by atoms with Crippen LogP contribution in [0.2, 0.25) is 5.02 Å². The summed E-state index contributed by atoms with van der Waals surface area (Å²) in [5, 5.41) is 6.39. The van der Waals surface area contributed by atoms with Crippen molar-refractivity contribution in [2.45, 2.75) is 0 Å². The van der Waals surface area contributed by atoms with E-state index in [0.29, 0.717) is 16.5 Å². The number of aromatic nitrogens is 2. The second kappa shape index (κ2) is 8.86. The Kier molecular flexibility index (Phi) is 5.84. The Morgan fingerprint density at radius 1 is 1.03 bits per heavy atom. The number of hydrogen-bond acceptors (Lipinski definition) is 5. The van der Waals surface area contributed by atoms with Gasteiger partial charge in [0, 0.05) is 39.6 Å². The van der Waals surface area contributed by atoms with Crippen LogP contribution < -0.4 is 10.1 Å². The van der Waals surface area contributed by atoms with E-state index in [1.165, 1.54) is 0 Å². The van der Waals surface area contributed by atoms with Crippen LogP contribution in [-0.2, 0) is 4.79 Å². The first-order chi connectivity index (χ1) is 14.2. The zero-order valence-corrected chi connectivity index (χ0v) is 16.8. The molecule has 0 radical (unpaired) electrons. The first-order valence-electron chi connectivity index (χ1n) is 8.82. The third-order valence-electron chi connectivity index (χ3n) is 4.06. The molecule has 4 rings (SSSR count). The van der Waals surface area contributed by atoms with Gasteiger partial charge in [-0.3, -0.25) is 9.78 Å². The van der Waals surface area contributed by atoms with Crippen LogP contribution in [0.25, 0.3) is 21.8 Å². The van der Waals surface area contributed by atoms with E-state index in [4.69, 9.17) is 21.3 Å². The number of ether oxygens (including phenoxy) is 1. The summed E-state index contributed by atoms with van der Waals surface area (Å²) in [6.45, 7) is -0.0885. The van der Waals surface area contributed by atoms with Crippen molar-refractivity contribution >= 4 is 34.5 Å². The normalized spacial score (nSPS) is 10.5. The molecule has 7 heteroatoms. The molecule has 0 aliphatic rings. The standard InChI is InChI=1S/C22H16ClN3O2S/c23-17-4-6-19(7-5-17)28-13-21(27)25-18-3-1-2-16(12-18)20-14-29-22(26-20)15-8-10-24-11-9-15/h1-12,14H,13H2,(H,25,27). The fraction of sp³-hybridized carbons (Fsp3) is 0.0455. The molecule has 144 valence electrons. The molecule has 0 aliphatic heterocycles. The maximum absolute atomic E-state index is 12.2. The number of nitrogens with one attached hydrogen (secondary N) is 1. The van der Waals surface area contributed by atoms with Gasteiger partial charge in [-0.25, -0.2) is 4.98 Å². The Labute approximate surface area is 177 Å². The highest BCUT2D eigenvalue weighted by atomic mass is 35.5. The third kappa shape index (κ3) is 4.99. The minimum Gasteiger partial charge on any atom is -0.484 e. The van der Waals surface area contributed by atoms with Gasteiger partial charge in [0.25, 0.3) is 5.91 Å². The highest BCUT2D eigenvalue weighted by Crippen LogP contribution is 2.29. The van der Waals surface area contributed by atoms with E-state index in [1.807, 2.05) is 41.8 Å². The first-order valence-corrected chi connectivity index (χ1v) is 10.1. The fourth-order valence-electron chi connectivity index (χ4n) is 2.67. The van der Waals surface area contributed by atoms with E-state index in [1.54, 1.807) is 48.0 Å². The van der Waals surface area contributed by atoms with Crippen LogP contribution >= 0.6 is 22.9 Å². The van der Waals surface area contributed by atoms with Crippen LogP contribution in [0.3, 0.4) is 0 Å². The van der Waals surface area contributed by atoms with Crippen molar-refractivity contribution in [3.63, 3.8) is 0 Å². The van der Waals surface area contributed by atoms with Crippen LogP contribution in [0.1, 0.15) is 0 Å². The average molecular weight is 422 g/mol. The Balaban J connectivity index is 1.41. The number of carbonyl (C=O) groups is 1. The monoisotopic (exact) mass is 421 g/mol. The number of nitrogens with zero attached hydrogens (tertiary/aromatic N) is 2. The van der Waals surface area contributed by atoms with Crippen LogP contribution in [0, 0.1) is 0 Å². The van der Waals surface area contributed by atoms with Gasteiger partial charge >= 0.3 is 0 Å². The van der Waals surface area contributed by atoms with Crippen molar-refractivity contribution in [2.75, 3.05) is 11.9 Å². The van der Waals surface area contributed by atoms with E-state index >= 15 is 0 Å². The zero-order valence-electron chi connectivity index (χ0n) is 15.2. The second-order valence-electron chi connectivity index (χ2n) is 6.15. The molecule has 0 bridgehead atoms. The van der Waals surface area contributed by atoms with Crippen molar-refractivity contribution in [3.8, 4) is 27.6 Å². The van der Waals surface area contributed by atoms with E-state index in [0.717, 1.165) is 21.8 Å². The Morgan fingerprint density at radius 3 is 2.62 bits per heavy atom. The lowest BCUT2D eigenvalue weighted by atomic mass is 10.1. The Morgan fingerprint density at radius 2 is 1.83 bits per heavy atom. The molecule has 0 saturated heterocycles. The molecule has 1 N–H and O–H groups in total. The summed E-state index contributed by atoms with van der Waals surface area (Å²) in [6.07, 6.45) is 3.50. The number of halogens is 1. The summed E-state index contributed by atoms with van der Waals surface area (Å²) in [5.74, 6) is 0.345. The molecule has 0 fully saturated rings. The molecule has 2 aromatic carbocycles. The molecule has 0 atom stereocenters. The number of amides is 1. The van der Waals surface area contributed by atoms with Crippen LogP contribution in [-0.4, -0.2) is 22.5 Å². The largest absolute Gasteiger partial charge is 0.484 e. The van der Waals surface area contributed by atoms with Gasteiger partial charge in [0.1, 0.15) is 10.8 Å². The summed E-state index contributed by atoms with van der Waals surface area (Å²) < 4.78 is 5.48. The second-order valence-corrected chi connectivity index (χ2v) is 7.44. The number of anilines is 1. The smallest absolute Gasteiger partial charge is 0.262 e. The summed E-state index contributed by atoms with van der Waals surface area (Å²) >= 11 is 7.41. The summed E-state index contributed by atoms with van der Waals surface area (Å²) in [7, 11) is 0. The average Bonchev–Trinajstić information content (AvgIpc) is 3.25. The number of carbonyl (C=O) groups excluding carboxylic acids is 1. The quantitative estimate of drug-likeness (QED) is 0.443. The molecule has 4 aromatic rings. The topological polar surface area (TPSA) is 64.1 Å². The molecule has 0 spiro atoms. The van der Waals surface area contributed by atoms with Gasteiger partial charge in [0.05, 0.1) is 5.69 Å².